The Morgan fingerprint density at radius 1 is 1.28 bits per heavy atom. The Kier molecular flexibility index (Phi) is 4.52. The molecule has 1 saturated heterocycles. The highest BCUT2D eigenvalue weighted by Crippen LogP contribution is 2.06. The largest absolute Gasteiger partial charge is 0.315 e. The van der Waals surface area contributed by atoms with Gasteiger partial charge in [0, 0.05) is 18.0 Å². The molecular weight excluding hydrogens is 248 g/mol. The number of hydrogen-bond donors (Lipinski definition) is 2. The van der Waals surface area contributed by atoms with E-state index >= 15 is 0 Å². The summed E-state index contributed by atoms with van der Waals surface area (Å²) in [5.74, 6) is 0. The van der Waals surface area contributed by atoms with Crippen LogP contribution >= 0.6 is 0 Å². The van der Waals surface area contributed by atoms with E-state index in [9.17, 15) is 8.42 Å². The molecular formula is C13H18N2O2S. The molecule has 1 aromatic rings. The molecule has 2 N–H and O–H groups in total. The van der Waals surface area contributed by atoms with Crippen LogP contribution in [0.1, 0.15) is 18.4 Å². The average molecular weight is 266 g/mol. The maximum Gasteiger partial charge on any atom is 0.234 e. The highest BCUT2D eigenvalue weighted by molar-refractivity contribution is 7.92. The van der Waals surface area contributed by atoms with Crippen LogP contribution in [0.3, 0.4) is 0 Å². The van der Waals surface area contributed by atoms with E-state index in [1.54, 1.807) is 6.08 Å². The second-order valence-electron chi connectivity index (χ2n) is 4.42. The molecule has 0 amide bonds. The summed E-state index contributed by atoms with van der Waals surface area (Å²) in [4.78, 5) is 0. The van der Waals surface area contributed by atoms with E-state index in [0.29, 0.717) is 6.54 Å². The minimum Gasteiger partial charge on any atom is -0.315 e. The molecule has 1 atom stereocenters. The first-order chi connectivity index (χ1) is 8.66. The number of hydrogen-bond acceptors (Lipinski definition) is 3. The lowest BCUT2D eigenvalue weighted by molar-refractivity contribution is 0.430. The van der Waals surface area contributed by atoms with Crippen molar-refractivity contribution in [2.24, 2.45) is 0 Å². The summed E-state index contributed by atoms with van der Waals surface area (Å²) in [5.41, 5.74) is 0.879. The van der Waals surface area contributed by atoms with E-state index in [1.807, 2.05) is 30.3 Å². The van der Waals surface area contributed by atoms with Crippen molar-refractivity contribution in [3.8, 4) is 0 Å². The fourth-order valence-electron chi connectivity index (χ4n) is 1.96. The molecule has 1 fully saturated rings. The first kappa shape index (κ1) is 13.3. The highest BCUT2D eigenvalue weighted by Gasteiger charge is 2.17. The molecule has 1 aliphatic heterocycles. The van der Waals surface area contributed by atoms with E-state index in [4.69, 9.17) is 0 Å². The predicted octanol–water partition coefficient (Wildman–Crippen LogP) is 1.33. The first-order valence-electron chi connectivity index (χ1n) is 6.12. The lowest BCUT2D eigenvalue weighted by Crippen LogP contribution is -2.44. The fraction of sp³-hybridized carbons (Fsp3) is 0.385. The Morgan fingerprint density at radius 3 is 2.72 bits per heavy atom. The van der Waals surface area contributed by atoms with Gasteiger partial charge >= 0.3 is 0 Å². The van der Waals surface area contributed by atoms with Crippen molar-refractivity contribution in [1.82, 2.24) is 10.0 Å². The van der Waals surface area contributed by atoms with Crippen LogP contribution in [0.15, 0.2) is 35.7 Å². The predicted molar refractivity (Wildman–Crippen MR) is 73.4 cm³/mol. The Bertz CT molecular complexity index is 491. The summed E-state index contributed by atoms with van der Waals surface area (Å²) >= 11 is 0. The minimum absolute atomic E-state index is 0.00386. The minimum atomic E-state index is -3.35. The number of nitrogens with one attached hydrogen (secondary N) is 2. The van der Waals surface area contributed by atoms with Crippen LogP contribution in [0, 0.1) is 0 Å². The molecule has 18 heavy (non-hydrogen) atoms. The molecule has 2 rings (SSSR count). The summed E-state index contributed by atoms with van der Waals surface area (Å²) in [6.45, 7) is 1.68. The van der Waals surface area contributed by atoms with Gasteiger partial charge in [0.15, 0.2) is 0 Å². The van der Waals surface area contributed by atoms with Crippen molar-refractivity contribution in [2.45, 2.75) is 18.9 Å². The van der Waals surface area contributed by atoms with Crippen molar-refractivity contribution in [3.05, 3.63) is 41.3 Å². The van der Waals surface area contributed by atoms with Gasteiger partial charge in [-0.2, -0.15) is 0 Å². The first-order valence-corrected chi connectivity index (χ1v) is 7.66. The Balaban J connectivity index is 1.96. The van der Waals surface area contributed by atoms with Crippen LogP contribution in [0.2, 0.25) is 0 Å². The van der Waals surface area contributed by atoms with Gasteiger partial charge in [0.1, 0.15) is 0 Å². The zero-order valence-corrected chi connectivity index (χ0v) is 11.0. The van der Waals surface area contributed by atoms with Crippen LogP contribution in [-0.2, 0) is 10.0 Å². The van der Waals surface area contributed by atoms with Crippen LogP contribution < -0.4 is 10.0 Å². The Morgan fingerprint density at radius 2 is 2.06 bits per heavy atom. The fourth-order valence-corrected chi connectivity index (χ4v) is 3.04. The smallest absolute Gasteiger partial charge is 0.234 e. The third-order valence-corrected chi connectivity index (χ3v) is 4.02. The maximum absolute atomic E-state index is 11.8. The SMILES string of the molecule is O=S(=O)(/C=C/c1ccccc1)N[C@H]1CCCNC1. The maximum atomic E-state index is 11.8. The van der Waals surface area contributed by atoms with Gasteiger partial charge in [0.25, 0.3) is 0 Å². The molecule has 0 spiro atoms. The molecule has 1 aliphatic rings. The van der Waals surface area contributed by atoms with E-state index in [1.165, 1.54) is 5.41 Å². The lowest BCUT2D eigenvalue weighted by atomic mass is 10.1. The van der Waals surface area contributed by atoms with Gasteiger partial charge in [-0.15, -0.1) is 0 Å². The van der Waals surface area contributed by atoms with Gasteiger partial charge in [0.2, 0.25) is 10.0 Å². The van der Waals surface area contributed by atoms with Crippen molar-refractivity contribution in [1.29, 1.82) is 0 Å². The normalized spacial score (nSPS) is 21.2. The number of piperidine rings is 1. The summed E-state index contributed by atoms with van der Waals surface area (Å²) in [6, 6.07) is 9.40. The Labute approximate surface area is 108 Å². The quantitative estimate of drug-likeness (QED) is 0.864. The van der Waals surface area contributed by atoms with Gasteiger partial charge in [-0.3, -0.25) is 0 Å². The van der Waals surface area contributed by atoms with Crippen molar-refractivity contribution >= 4 is 16.1 Å². The summed E-state index contributed by atoms with van der Waals surface area (Å²) in [5, 5.41) is 4.41. The van der Waals surface area contributed by atoms with Gasteiger partial charge in [0.05, 0.1) is 0 Å². The second kappa shape index (κ2) is 6.13. The molecule has 0 saturated carbocycles. The van der Waals surface area contributed by atoms with Crippen LogP contribution in [0.4, 0.5) is 0 Å². The number of sulfonamides is 1. The molecule has 0 aliphatic carbocycles. The van der Waals surface area contributed by atoms with E-state index in [0.717, 1.165) is 24.9 Å². The van der Waals surface area contributed by atoms with Gasteiger partial charge in [-0.05, 0) is 31.0 Å². The monoisotopic (exact) mass is 266 g/mol. The zero-order chi connectivity index (χ0) is 12.8. The molecule has 0 bridgehead atoms. The van der Waals surface area contributed by atoms with E-state index in [-0.39, 0.29) is 6.04 Å². The van der Waals surface area contributed by atoms with Crippen LogP contribution in [0.5, 0.6) is 0 Å². The van der Waals surface area contributed by atoms with Crippen LogP contribution in [0.25, 0.3) is 6.08 Å². The molecule has 98 valence electrons. The van der Waals surface area contributed by atoms with E-state index in [2.05, 4.69) is 10.0 Å². The molecule has 5 heteroatoms. The molecule has 1 heterocycles. The van der Waals surface area contributed by atoms with E-state index < -0.39 is 10.0 Å². The summed E-state index contributed by atoms with van der Waals surface area (Å²) in [7, 11) is -3.35. The summed E-state index contributed by atoms with van der Waals surface area (Å²) in [6.07, 6.45) is 3.51. The lowest BCUT2D eigenvalue weighted by Gasteiger charge is -2.22. The third kappa shape index (κ3) is 4.25. The third-order valence-electron chi connectivity index (χ3n) is 2.87. The average Bonchev–Trinajstić information content (AvgIpc) is 2.38. The molecule has 0 radical (unpaired) electrons. The number of benzene rings is 1. The molecule has 4 nitrogen and oxygen atoms in total. The standard InChI is InChI=1S/C13H18N2O2S/c16-18(17,15-13-7-4-9-14-11-13)10-8-12-5-2-1-3-6-12/h1-3,5-6,8,10,13-15H,4,7,9,11H2/b10-8+/t13-/m0/s1. The summed E-state index contributed by atoms with van der Waals surface area (Å²) < 4.78 is 26.4. The zero-order valence-electron chi connectivity index (χ0n) is 10.2. The van der Waals surface area contributed by atoms with Crippen molar-refractivity contribution in [2.75, 3.05) is 13.1 Å². The highest BCUT2D eigenvalue weighted by atomic mass is 32.2. The Hall–Kier alpha value is -1.17. The molecule has 0 unspecified atom stereocenters. The molecule has 0 aromatic heterocycles. The topological polar surface area (TPSA) is 58.2 Å². The second-order valence-corrected chi connectivity index (χ2v) is 6.02. The van der Waals surface area contributed by atoms with Gasteiger partial charge in [-0.1, -0.05) is 30.3 Å². The van der Waals surface area contributed by atoms with Crippen molar-refractivity contribution in [3.63, 3.8) is 0 Å². The van der Waals surface area contributed by atoms with Gasteiger partial charge in [-0.25, -0.2) is 13.1 Å². The number of rotatable bonds is 4. The van der Waals surface area contributed by atoms with Crippen molar-refractivity contribution < 1.29 is 8.42 Å². The van der Waals surface area contributed by atoms with Crippen LogP contribution in [-0.4, -0.2) is 27.5 Å². The van der Waals surface area contributed by atoms with Gasteiger partial charge < -0.3 is 5.32 Å². The molecule has 1 aromatic carbocycles.